The van der Waals surface area contributed by atoms with Crippen LogP contribution in [0.5, 0.6) is 5.75 Å². The van der Waals surface area contributed by atoms with Gasteiger partial charge in [0.2, 0.25) is 0 Å². The molecule has 0 saturated carbocycles. The van der Waals surface area contributed by atoms with Gasteiger partial charge in [-0.1, -0.05) is 50.8 Å². The van der Waals surface area contributed by atoms with Crippen LogP contribution in [0, 0.1) is 5.92 Å². The van der Waals surface area contributed by atoms with Gasteiger partial charge in [0.25, 0.3) is 0 Å². The van der Waals surface area contributed by atoms with Gasteiger partial charge in [-0.15, -0.1) is 0 Å². The quantitative estimate of drug-likeness (QED) is 0.679. The van der Waals surface area contributed by atoms with E-state index in [0.29, 0.717) is 0 Å². The third-order valence-electron chi connectivity index (χ3n) is 4.77. The lowest BCUT2D eigenvalue weighted by molar-refractivity contribution is 0.173. The number of hydrogen-bond donors (Lipinski definition) is 2. The average Bonchev–Trinajstić information content (AvgIpc) is 2.57. The molecule has 0 heterocycles. The summed E-state index contributed by atoms with van der Waals surface area (Å²) < 4.78 is 5.87. The van der Waals surface area contributed by atoms with Crippen molar-refractivity contribution in [3.63, 3.8) is 0 Å². The summed E-state index contributed by atoms with van der Waals surface area (Å²) >= 11 is 0. The lowest BCUT2D eigenvalue weighted by Gasteiger charge is -2.33. The molecular weight excluding hydrogens is 286 g/mol. The van der Waals surface area contributed by atoms with Crippen molar-refractivity contribution in [1.29, 1.82) is 0 Å². The van der Waals surface area contributed by atoms with Gasteiger partial charge in [-0.2, -0.15) is 0 Å². The third-order valence-corrected chi connectivity index (χ3v) is 4.77. The molecule has 0 aromatic heterocycles. The number of ether oxygens (including phenoxy) is 1. The minimum atomic E-state index is -0.568. The van der Waals surface area contributed by atoms with Crippen molar-refractivity contribution in [1.82, 2.24) is 0 Å². The SMILES string of the molecule is CCCCCCCOc1ccc2c(c1)C=CC(C(C)(N)CO)C2. The highest BCUT2D eigenvalue weighted by Gasteiger charge is 2.29. The highest BCUT2D eigenvalue weighted by Crippen LogP contribution is 2.31. The molecule has 1 aliphatic rings. The van der Waals surface area contributed by atoms with Gasteiger partial charge in [0.1, 0.15) is 5.75 Å². The first kappa shape index (κ1) is 18.0. The third kappa shape index (κ3) is 5.08. The minimum Gasteiger partial charge on any atom is -0.494 e. The molecule has 3 nitrogen and oxygen atoms in total. The highest BCUT2D eigenvalue weighted by molar-refractivity contribution is 5.59. The summed E-state index contributed by atoms with van der Waals surface area (Å²) in [7, 11) is 0. The Morgan fingerprint density at radius 2 is 2.04 bits per heavy atom. The summed E-state index contributed by atoms with van der Waals surface area (Å²) in [6.45, 7) is 4.93. The van der Waals surface area contributed by atoms with Gasteiger partial charge >= 0.3 is 0 Å². The van der Waals surface area contributed by atoms with E-state index in [1.165, 1.54) is 36.8 Å². The van der Waals surface area contributed by atoms with Crippen molar-refractivity contribution in [2.75, 3.05) is 13.2 Å². The molecule has 0 radical (unpaired) electrons. The van der Waals surface area contributed by atoms with E-state index in [0.717, 1.165) is 25.2 Å². The van der Waals surface area contributed by atoms with Gasteiger partial charge in [0, 0.05) is 11.5 Å². The number of aliphatic hydroxyl groups excluding tert-OH is 1. The summed E-state index contributed by atoms with van der Waals surface area (Å²) in [5.74, 6) is 1.12. The Bertz CT molecular complexity index is 522. The molecule has 0 aliphatic heterocycles. The topological polar surface area (TPSA) is 55.5 Å². The van der Waals surface area contributed by atoms with E-state index in [9.17, 15) is 5.11 Å². The fraction of sp³-hybridized carbons (Fsp3) is 0.600. The predicted octanol–water partition coefficient (Wildman–Crippen LogP) is 3.93. The molecule has 1 aromatic carbocycles. The van der Waals surface area contributed by atoms with Crippen LogP contribution in [-0.2, 0) is 6.42 Å². The Balaban J connectivity index is 1.88. The molecular formula is C20H31NO2. The van der Waals surface area contributed by atoms with Crippen LogP contribution in [0.1, 0.15) is 57.1 Å². The lowest BCUT2D eigenvalue weighted by atomic mass is 9.78. The number of rotatable bonds is 9. The van der Waals surface area contributed by atoms with Gasteiger partial charge < -0.3 is 15.6 Å². The Morgan fingerprint density at radius 1 is 1.26 bits per heavy atom. The van der Waals surface area contributed by atoms with Crippen LogP contribution in [0.4, 0.5) is 0 Å². The molecule has 3 heteroatoms. The van der Waals surface area contributed by atoms with Crippen LogP contribution in [0.25, 0.3) is 6.08 Å². The summed E-state index contributed by atoms with van der Waals surface area (Å²) in [5.41, 5.74) is 8.08. The highest BCUT2D eigenvalue weighted by atomic mass is 16.5. The Morgan fingerprint density at radius 3 is 2.78 bits per heavy atom. The second-order valence-corrected chi connectivity index (χ2v) is 6.96. The molecule has 0 saturated heterocycles. The number of nitrogens with two attached hydrogens (primary N) is 1. The van der Waals surface area contributed by atoms with Gasteiger partial charge in [0.15, 0.2) is 0 Å². The molecule has 0 fully saturated rings. The number of fused-ring (bicyclic) bond motifs is 1. The minimum absolute atomic E-state index is 0.00341. The summed E-state index contributed by atoms with van der Waals surface area (Å²) in [6, 6.07) is 6.29. The zero-order chi connectivity index (χ0) is 16.7. The van der Waals surface area contributed by atoms with Crippen LogP contribution in [0.3, 0.4) is 0 Å². The van der Waals surface area contributed by atoms with Crippen LogP contribution in [0.2, 0.25) is 0 Å². The second kappa shape index (κ2) is 8.51. The van der Waals surface area contributed by atoms with E-state index in [1.807, 2.05) is 13.0 Å². The Hall–Kier alpha value is -1.32. The van der Waals surface area contributed by atoms with Gasteiger partial charge in [-0.25, -0.2) is 0 Å². The second-order valence-electron chi connectivity index (χ2n) is 6.96. The Labute approximate surface area is 140 Å². The first-order valence-electron chi connectivity index (χ1n) is 8.90. The average molecular weight is 317 g/mol. The largest absolute Gasteiger partial charge is 0.494 e. The van der Waals surface area contributed by atoms with Crippen LogP contribution >= 0.6 is 0 Å². The number of hydrogen-bond acceptors (Lipinski definition) is 3. The van der Waals surface area contributed by atoms with Crippen LogP contribution in [0.15, 0.2) is 24.3 Å². The van der Waals surface area contributed by atoms with E-state index >= 15 is 0 Å². The van der Waals surface area contributed by atoms with Gasteiger partial charge in [-0.05, 0) is 43.0 Å². The molecule has 2 unspecified atom stereocenters. The van der Waals surface area contributed by atoms with Crippen molar-refractivity contribution < 1.29 is 9.84 Å². The number of benzene rings is 1. The zero-order valence-corrected chi connectivity index (χ0v) is 14.6. The molecule has 3 N–H and O–H groups in total. The molecule has 2 rings (SSSR count). The van der Waals surface area contributed by atoms with Gasteiger partial charge in [0.05, 0.1) is 13.2 Å². The summed E-state index contributed by atoms with van der Waals surface area (Å²) in [4.78, 5) is 0. The lowest BCUT2D eigenvalue weighted by Crippen LogP contribution is -2.48. The summed E-state index contributed by atoms with van der Waals surface area (Å²) in [5, 5.41) is 9.43. The Kier molecular flexibility index (Phi) is 6.67. The van der Waals surface area contributed by atoms with Crippen molar-refractivity contribution in [3.8, 4) is 5.75 Å². The van der Waals surface area contributed by atoms with Crippen molar-refractivity contribution in [2.24, 2.45) is 11.7 Å². The molecule has 23 heavy (non-hydrogen) atoms. The molecule has 0 spiro atoms. The molecule has 128 valence electrons. The van der Waals surface area contributed by atoms with Crippen molar-refractivity contribution in [2.45, 2.75) is 57.9 Å². The zero-order valence-electron chi connectivity index (χ0n) is 14.6. The monoisotopic (exact) mass is 317 g/mol. The van der Waals surface area contributed by atoms with Crippen LogP contribution < -0.4 is 10.5 Å². The first-order chi connectivity index (χ1) is 11.1. The molecule has 0 bridgehead atoms. The number of aliphatic hydroxyl groups is 1. The van der Waals surface area contributed by atoms with Crippen LogP contribution in [-0.4, -0.2) is 23.9 Å². The fourth-order valence-electron chi connectivity index (χ4n) is 2.99. The van der Waals surface area contributed by atoms with Crippen molar-refractivity contribution in [3.05, 3.63) is 35.4 Å². The maximum absolute atomic E-state index is 9.43. The fourth-order valence-corrected chi connectivity index (χ4v) is 2.99. The summed E-state index contributed by atoms with van der Waals surface area (Å²) in [6.07, 6.45) is 11.4. The molecule has 1 aromatic rings. The van der Waals surface area contributed by atoms with E-state index in [-0.39, 0.29) is 12.5 Å². The maximum Gasteiger partial charge on any atom is 0.119 e. The molecule has 2 atom stereocenters. The smallest absolute Gasteiger partial charge is 0.119 e. The standard InChI is InChI=1S/C20H31NO2/c1-3-4-5-6-7-12-23-19-11-9-16-13-18(20(2,21)15-22)10-8-17(16)14-19/h8-11,14,18,22H,3-7,12-13,15,21H2,1-2H3. The van der Waals surface area contributed by atoms with Gasteiger partial charge in [-0.3, -0.25) is 0 Å². The van der Waals surface area contributed by atoms with E-state index in [1.54, 1.807) is 0 Å². The number of unbranched alkanes of at least 4 members (excludes halogenated alkanes) is 4. The molecule has 0 amide bonds. The normalized spacial score (nSPS) is 19.2. The molecule has 1 aliphatic carbocycles. The predicted molar refractivity (Wildman–Crippen MR) is 96.6 cm³/mol. The van der Waals surface area contributed by atoms with E-state index in [2.05, 4.69) is 31.2 Å². The van der Waals surface area contributed by atoms with E-state index < -0.39 is 5.54 Å². The first-order valence-corrected chi connectivity index (χ1v) is 8.90. The van der Waals surface area contributed by atoms with Crippen molar-refractivity contribution >= 4 is 6.08 Å². The van der Waals surface area contributed by atoms with E-state index in [4.69, 9.17) is 10.5 Å². The maximum atomic E-state index is 9.43.